The van der Waals surface area contributed by atoms with Crippen LogP contribution in [-0.2, 0) is 25.2 Å². The van der Waals surface area contributed by atoms with E-state index in [0.29, 0.717) is 0 Å². The van der Waals surface area contributed by atoms with E-state index in [1.807, 2.05) is 0 Å². The van der Waals surface area contributed by atoms with Crippen LogP contribution in [0, 0.1) is 13.3 Å². The van der Waals surface area contributed by atoms with Crippen molar-refractivity contribution in [1.29, 1.82) is 0 Å². The first kappa shape index (κ1) is 16.6. The van der Waals surface area contributed by atoms with E-state index >= 15 is 0 Å². The van der Waals surface area contributed by atoms with Crippen molar-refractivity contribution in [2.24, 2.45) is 11.7 Å². The van der Waals surface area contributed by atoms with Gasteiger partial charge in [-0.1, -0.05) is 13.8 Å². The SMILES string of the molecule is CC(C)[C@H](N)C(=O)O.[C].[Pd]. The minimum atomic E-state index is -0.931. The molecule has 0 amide bonds. The number of carboxylic acid groups (broad SMARTS) is 1. The molecule has 4 heteroatoms. The Hall–Kier alpha value is 0.0923. The molecule has 0 heterocycles. The van der Waals surface area contributed by atoms with E-state index < -0.39 is 12.0 Å². The summed E-state index contributed by atoms with van der Waals surface area (Å²) >= 11 is 0. The van der Waals surface area contributed by atoms with Crippen LogP contribution < -0.4 is 5.73 Å². The molecule has 0 aliphatic heterocycles. The molecule has 0 aromatic carbocycles. The first-order valence-electron chi connectivity index (χ1n) is 2.54. The van der Waals surface area contributed by atoms with Crippen LogP contribution in [0.2, 0.25) is 0 Å². The molecular weight excluding hydrogens is 224 g/mol. The Morgan fingerprint density at radius 3 is 1.80 bits per heavy atom. The summed E-state index contributed by atoms with van der Waals surface area (Å²) in [5.74, 6) is -0.910. The Morgan fingerprint density at radius 2 is 1.80 bits per heavy atom. The zero-order chi connectivity index (χ0) is 6.73. The van der Waals surface area contributed by atoms with Gasteiger partial charge in [-0.25, -0.2) is 0 Å². The van der Waals surface area contributed by atoms with Gasteiger partial charge in [0, 0.05) is 27.8 Å². The molecule has 0 saturated carbocycles. The maximum absolute atomic E-state index is 10.0. The van der Waals surface area contributed by atoms with Crippen LogP contribution in [0.4, 0.5) is 0 Å². The smallest absolute Gasteiger partial charge is 0.320 e. The van der Waals surface area contributed by atoms with Crippen LogP contribution >= 0.6 is 0 Å². The van der Waals surface area contributed by atoms with Gasteiger partial charge in [0.15, 0.2) is 0 Å². The predicted molar refractivity (Wildman–Crippen MR) is 33.7 cm³/mol. The summed E-state index contributed by atoms with van der Waals surface area (Å²) in [4.78, 5) is 10.0. The van der Waals surface area contributed by atoms with Gasteiger partial charge in [-0.3, -0.25) is 4.79 Å². The second kappa shape index (κ2) is 7.20. The average Bonchev–Trinajstić information content (AvgIpc) is 1.64. The second-order valence-electron chi connectivity index (χ2n) is 2.11. The monoisotopic (exact) mass is 235 g/mol. The molecule has 0 bridgehead atoms. The molecule has 3 nitrogen and oxygen atoms in total. The molecule has 1 atom stereocenters. The van der Waals surface area contributed by atoms with Crippen LogP contribution in [0.1, 0.15) is 13.8 Å². The average molecular weight is 236 g/mol. The zero-order valence-electron chi connectivity index (χ0n) is 5.90. The molecule has 4 radical (unpaired) electrons. The van der Waals surface area contributed by atoms with Gasteiger partial charge in [0.2, 0.25) is 0 Å². The van der Waals surface area contributed by atoms with Gasteiger partial charge in [-0.15, -0.1) is 0 Å². The summed E-state index contributed by atoms with van der Waals surface area (Å²) in [7, 11) is 0. The van der Waals surface area contributed by atoms with Gasteiger partial charge < -0.3 is 10.8 Å². The third-order valence-electron chi connectivity index (χ3n) is 1.00. The third kappa shape index (κ3) is 6.22. The van der Waals surface area contributed by atoms with Crippen LogP contribution in [0.5, 0.6) is 0 Å². The molecule has 0 rings (SSSR count). The maximum Gasteiger partial charge on any atom is 0.320 e. The Bertz CT molecular complexity index is 95.7. The van der Waals surface area contributed by atoms with Crippen molar-refractivity contribution < 1.29 is 30.3 Å². The number of nitrogens with two attached hydrogens (primary N) is 1. The fraction of sp³-hybridized carbons (Fsp3) is 0.667. The quantitative estimate of drug-likeness (QED) is 0.669. The summed E-state index contributed by atoms with van der Waals surface area (Å²) < 4.78 is 0. The van der Waals surface area contributed by atoms with E-state index in [1.165, 1.54) is 0 Å². The molecule has 62 valence electrons. The summed E-state index contributed by atoms with van der Waals surface area (Å²) in [6.45, 7) is 3.55. The molecule has 0 aliphatic carbocycles. The topological polar surface area (TPSA) is 63.3 Å². The van der Waals surface area contributed by atoms with Gasteiger partial charge >= 0.3 is 5.97 Å². The van der Waals surface area contributed by atoms with Gasteiger partial charge in [0.1, 0.15) is 6.04 Å². The second-order valence-corrected chi connectivity index (χ2v) is 2.11. The van der Waals surface area contributed by atoms with E-state index in [4.69, 9.17) is 10.8 Å². The molecule has 0 aromatic rings. The number of hydrogen-bond acceptors (Lipinski definition) is 2. The van der Waals surface area contributed by atoms with Crippen molar-refractivity contribution in [2.45, 2.75) is 19.9 Å². The van der Waals surface area contributed by atoms with Crippen molar-refractivity contribution in [2.75, 3.05) is 0 Å². The zero-order valence-corrected chi connectivity index (χ0v) is 7.46. The van der Waals surface area contributed by atoms with Gasteiger partial charge in [-0.2, -0.15) is 0 Å². The number of rotatable bonds is 2. The standard InChI is InChI=1S/C5H11NO2.C.Pd/c1-3(2)4(6)5(7)8;;/h3-4H,6H2,1-2H3,(H,7,8);;/t4-;;/m0../s1. The van der Waals surface area contributed by atoms with Crippen molar-refractivity contribution in [3.63, 3.8) is 0 Å². The van der Waals surface area contributed by atoms with Crippen molar-refractivity contribution in [1.82, 2.24) is 0 Å². The Morgan fingerprint density at radius 1 is 1.50 bits per heavy atom. The first-order chi connectivity index (χ1) is 3.55. The molecule has 3 N–H and O–H groups in total. The van der Waals surface area contributed by atoms with Gasteiger partial charge in [0.05, 0.1) is 0 Å². The fourth-order valence-electron chi connectivity index (χ4n) is 0.285. The Balaban J connectivity index is -0.000000245. The summed E-state index contributed by atoms with van der Waals surface area (Å²) in [6.07, 6.45) is 0. The molecule has 0 aliphatic rings. The van der Waals surface area contributed by atoms with Crippen LogP contribution in [-0.4, -0.2) is 17.1 Å². The predicted octanol–water partition coefficient (Wildman–Crippen LogP) is 0.133. The van der Waals surface area contributed by atoms with Crippen LogP contribution in [0.25, 0.3) is 0 Å². The fourth-order valence-corrected chi connectivity index (χ4v) is 0.285. The normalized spacial score (nSPS) is 11.2. The van der Waals surface area contributed by atoms with Crippen LogP contribution in [0.3, 0.4) is 0 Å². The van der Waals surface area contributed by atoms with Gasteiger partial charge in [0.25, 0.3) is 0 Å². The molecule has 0 saturated heterocycles. The van der Waals surface area contributed by atoms with Crippen LogP contribution in [0.15, 0.2) is 0 Å². The van der Waals surface area contributed by atoms with Crippen molar-refractivity contribution in [3.05, 3.63) is 7.43 Å². The Labute approximate surface area is 75.6 Å². The first-order valence-corrected chi connectivity index (χ1v) is 2.54. The van der Waals surface area contributed by atoms with E-state index in [9.17, 15) is 4.79 Å². The number of carboxylic acids is 1. The third-order valence-corrected chi connectivity index (χ3v) is 1.00. The van der Waals surface area contributed by atoms with E-state index in [-0.39, 0.29) is 33.8 Å². The van der Waals surface area contributed by atoms with Gasteiger partial charge in [-0.05, 0) is 5.92 Å². The van der Waals surface area contributed by atoms with Crippen molar-refractivity contribution in [3.8, 4) is 0 Å². The maximum atomic E-state index is 10.0. The summed E-state index contributed by atoms with van der Waals surface area (Å²) in [5.41, 5.74) is 5.16. The molecule has 10 heavy (non-hydrogen) atoms. The largest absolute Gasteiger partial charge is 0.480 e. The number of aliphatic carboxylic acids is 1. The number of hydrogen-bond donors (Lipinski definition) is 2. The van der Waals surface area contributed by atoms with E-state index in [1.54, 1.807) is 13.8 Å². The summed E-state index contributed by atoms with van der Waals surface area (Å²) in [6, 6.07) is -0.713. The Kier molecular flexibility index (Phi) is 11.9. The minimum Gasteiger partial charge on any atom is -0.480 e. The van der Waals surface area contributed by atoms with E-state index in [2.05, 4.69) is 0 Å². The molecule has 0 aromatic heterocycles. The number of carbonyl (C=O) groups is 1. The molecular formula is C6H11NO2Pd. The molecule has 0 fully saturated rings. The van der Waals surface area contributed by atoms with Crippen molar-refractivity contribution >= 4 is 5.97 Å². The van der Waals surface area contributed by atoms with E-state index in [0.717, 1.165) is 0 Å². The summed E-state index contributed by atoms with van der Waals surface area (Å²) in [5, 5.41) is 8.23. The molecule has 0 spiro atoms. The molecule has 0 unspecified atom stereocenters. The minimum absolute atomic E-state index is 0.